The van der Waals surface area contributed by atoms with E-state index >= 15 is 0 Å². The standard InChI is InChI=1S/C14H20N2O3/c1-10-12(14(17)18)6-7-13(16-10)15-8-9-19-11-4-2-3-5-11/h6-7,11H,2-5,8-9H2,1H3,(H,15,16)(H,17,18). The molecule has 0 radical (unpaired) electrons. The number of aryl methyl sites for hydroxylation is 1. The van der Waals surface area contributed by atoms with Gasteiger partial charge in [-0.2, -0.15) is 0 Å². The van der Waals surface area contributed by atoms with Gasteiger partial charge in [0.15, 0.2) is 0 Å². The van der Waals surface area contributed by atoms with Crippen molar-refractivity contribution in [2.75, 3.05) is 18.5 Å². The molecule has 5 nitrogen and oxygen atoms in total. The van der Waals surface area contributed by atoms with E-state index in [1.165, 1.54) is 25.7 Å². The molecule has 0 aromatic carbocycles. The van der Waals surface area contributed by atoms with Crippen LogP contribution in [0.4, 0.5) is 5.82 Å². The number of rotatable bonds is 6. The number of aromatic carboxylic acids is 1. The second-order valence-electron chi connectivity index (χ2n) is 4.84. The molecule has 0 spiro atoms. The number of pyridine rings is 1. The molecule has 0 unspecified atom stereocenters. The minimum atomic E-state index is -0.943. The highest BCUT2D eigenvalue weighted by Gasteiger charge is 2.14. The molecule has 5 heteroatoms. The second-order valence-corrected chi connectivity index (χ2v) is 4.84. The van der Waals surface area contributed by atoms with Crippen LogP contribution in [0.1, 0.15) is 41.7 Å². The minimum absolute atomic E-state index is 0.243. The van der Waals surface area contributed by atoms with Gasteiger partial charge in [0.25, 0.3) is 0 Å². The predicted octanol–water partition coefficient (Wildman–Crippen LogP) is 2.46. The number of nitrogens with one attached hydrogen (secondary N) is 1. The van der Waals surface area contributed by atoms with Gasteiger partial charge >= 0.3 is 5.97 Å². The van der Waals surface area contributed by atoms with Gasteiger partial charge in [0.2, 0.25) is 0 Å². The van der Waals surface area contributed by atoms with Crippen molar-refractivity contribution in [3.8, 4) is 0 Å². The second kappa shape index (κ2) is 6.52. The number of nitrogens with zero attached hydrogens (tertiary/aromatic N) is 1. The molecule has 1 heterocycles. The van der Waals surface area contributed by atoms with Gasteiger partial charge in [-0.25, -0.2) is 9.78 Å². The summed E-state index contributed by atoms with van der Waals surface area (Å²) in [4.78, 5) is 15.1. The van der Waals surface area contributed by atoms with Crippen molar-refractivity contribution in [2.45, 2.75) is 38.7 Å². The van der Waals surface area contributed by atoms with Crippen molar-refractivity contribution in [1.82, 2.24) is 4.98 Å². The number of hydrogen-bond donors (Lipinski definition) is 2. The van der Waals surface area contributed by atoms with Crippen LogP contribution in [0, 0.1) is 6.92 Å². The van der Waals surface area contributed by atoms with E-state index in [2.05, 4.69) is 10.3 Å². The molecule has 1 saturated carbocycles. The Kier molecular flexibility index (Phi) is 4.74. The summed E-state index contributed by atoms with van der Waals surface area (Å²) in [5, 5.41) is 12.1. The zero-order chi connectivity index (χ0) is 13.7. The molecule has 1 aromatic heterocycles. The summed E-state index contributed by atoms with van der Waals surface area (Å²) in [5.41, 5.74) is 0.766. The van der Waals surface area contributed by atoms with Crippen LogP contribution in [0.15, 0.2) is 12.1 Å². The SMILES string of the molecule is Cc1nc(NCCOC2CCCC2)ccc1C(=O)O. The third-order valence-electron chi connectivity index (χ3n) is 3.38. The molecule has 0 amide bonds. The Balaban J connectivity index is 1.76. The molecular weight excluding hydrogens is 244 g/mol. The first-order chi connectivity index (χ1) is 9.16. The molecule has 1 fully saturated rings. The first-order valence-corrected chi connectivity index (χ1v) is 6.73. The Morgan fingerprint density at radius 3 is 2.84 bits per heavy atom. The van der Waals surface area contributed by atoms with Crippen LogP contribution >= 0.6 is 0 Å². The Bertz CT molecular complexity index is 442. The topological polar surface area (TPSA) is 71.5 Å². The summed E-state index contributed by atoms with van der Waals surface area (Å²) < 4.78 is 5.73. The highest BCUT2D eigenvalue weighted by molar-refractivity contribution is 5.89. The Morgan fingerprint density at radius 1 is 1.47 bits per heavy atom. The molecule has 2 rings (SSSR count). The van der Waals surface area contributed by atoms with Gasteiger partial charge < -0.3 is 15.2 Å². The number of carbonyl (C=O) groups is 1. The normalized spacial score (nSPS) is 15.6. The van der Waals surface area contributed by atoms with Crippen LogP contribution in [0.3, 0.4) is 0 Å². The molecule has 0 saturated heterocycles. The van der Waals surface area contributed by atoms with Gasteiger partial charge in [-0.05, 0) is 31.9 Å². The van der Waals surface area contributed by atoms with E-state index in [0.29, 0.717) is 30.8 Å². The maximum Gasteiger partial charge on any atom is 0.337 e. The van der Waals surface area contributed by atoms with E-state index in [1.807, 2.05) is 0 Å². The Morgan fingerprint density at radius 2 is 2.21 bits per heavy atom. The van der Waals surface area contributed by atoms with Crippen LogP contribution in [0.2, 0.25) is 0 Å². The van der Waals surface area contributed by atoms with Gasteiger partial charge in [0.1, 0.15) is 5.82 Å². The van der Waals surface area contributed by atoms with Crippen molar-refractivity contribution in [3.63, 3.8) is 0 Å². The first-order valence-electron chi connectivity index (χ1n) is 6.73. The number of anilines is 1. The smallest absolute Gasteiger partial charge is 0.337 e. The molecule has 1 aliphatic rings. The van der Waals surface area contributed by atoms with Gasteiger partial charge in [-0.3, -0.25) is 0 Å². The average molecular weight is 264 g/mol. The monoisotopic (exact) mass is 264 g/mol. The maximum absolute atomic E-state index is 10.9. The quantitative estimate of drug-likeness (QED) is 0.772. The molecule has 0 bridgehead atoms. The summed E-state index contributed by atoms with van der Waals surface area (Å²) in [6, 6.07) is 3.26. The molecular formula is C14H20N2O3. The summed E-state index contributed by atoms with van der Waals surface area (Å²) in [6.45, 7) is 3.05. The molecule has 0 atom stereocenters. The van der Waals surface area contributed by atoms with Gasteiger partial charge in [0.05, 0.1) is 24.0 Å². The molecule has 1 aliphatic carbocycles. The van der Waals surface area contributed by atoms with Crippen molar-refractivity contribution in [3.05, 3.63) is 23.4 Å². The molecule has 1 aromatic rings. The third kappa shape index (κ3) is 3.92. The van der Waals surface area contributed by atoms with Gasteiger partial charge in [-0.15, -0.1) is 0 Å². The van der Waals surface area contributed by atoms with E-state index in [1.54, 1.807) is 19.1 Å². The van der Waals surface area contributed by atoms with Crippen molar-refractivity contribution < 1.29 is 14.6 Å². The lowest BCUT2D eigenvalue weighted by Gasteiger charge is -2.12. The Labute approximate surface area is 113 Å². The van der Waals surface area contributed by atoms with Crippen molar-refractivity contribution in [2.24, 2.45) is 0 Å². The van der Waals surface area contributed by atoms with Crippen molar-refractivity contribution >= 4 is 11.8 Å². The fourth-order valence-electron chi connectivity index (χ4n) is 2.35. The number of carboxylic acid groups (broad SMARTS) is 1. The maximum atomic E-state index is 10.9. The summed E-state index contributed by atoms with van der Waals surface area (Å²) in [6.07, 6.45) is 5.31. The average Bonchev–Trinajstić information content (AvgIpc) is 2.87. The Hall–Kier alpha value is -1.62. The highest BCUT2D eigenvalue weighted by atomic mass is 16.5. The van der Waals surface area contributed by atoms with Crippen molar-refractivity contribution in [1.29, 1.82) is 0 Å². The van der Waals surface area contributed by atoms with Crippen LogP contribution in [-0.2, 0) is 4.74 Å². The third-order valence-corrected chi connectivity index (χ3v) is 3.38. The summed E-state index contributed by atoms with van der Waals surface area (Å²) >= 11 is 0. The van der Waals surface area contributed by atoms with E-state index in [0.717, 1.165) is 0 Å². The van der Waals surface area contributed by atoms with Crippen LogP contribution in [0.5, 0.6) is 0 Å². The zero-order valence-electron chi connectivity index (χ0n) is 11.2. The van der Waals surface area contributed by atoms with E-state index in [9.17, 15) is 4.79 Å². The summed E-state index contributed by atoms with van der Waals surface area (Å²) in [5.74, 6) is -0.251. The minimum Gasteiger partial charge on any atom is -0.478 e. The van der Waals surface area contributed by atoms with Gasteiger partial charge in [-0.1, -0.05) is 12.8 Å². The molecule has 19 heavy (non-hydrogen) atoms. The first kappa shape index (κ1) is 13.8. The molecule has 2 N–H and O–H groups in total. The zero-order valence-corrected chi connectivity index (χ0v) is 11.2. The number of hydrogen-bond acceptors (Lipinski definition) is 4. The van der Waals surface area contributed by atoms with Gasteiger partial charge in [0, 0.05) is 6.54 Å². The highest BCUT2D eigenvalue weighted by Crippen LogP contribution is 2.20. The summed E-state index contributed by atoms with van der Waals surface area (Å²) in [7, 11) is 0. The fourth-order valence-corrected chi connectivity index (χ4v) is 2.35. The molecule has 0 aliphatic heterocycles. The largest absolute Gasteiger partial charge is 0.478 e. The van der Waals surface area contributed by atoms with E-state index in [-0.39, 0.29) is 5.56 Å². The number of carboxylic acids is 1. The number of ether oxygens (including phenoxy) is 1. The van der Waals surface area contributed by atoms with E-state index in [4.69, 9.17) is 9.84 Å². The van der Waals surface area contributed by atoms with E-state index < -0.39 is 5.97 Å². The predicted molar refractivity (Wildman–Crippen MR) is 72.6 cm³/mol. The lowest BCUT2D eigenvalue weighted by Crippen LogP contribution is -2.16. The fraction of sp³-hybridized carbons (Fsp3) is 0.571. The van der Waals surface area contributed by atoms with Crippen LogP contribution in [-0.4, -0.2) is 35.3 Å². The lowest BCUT2D eigenvalue weighted by molar-refractivity contribution is 0.0658. The van der Waals surface area contributed by atoms with Crippen LogP contribution < -0.4 is 5.32 Å². The van der Waals surface area contributed by atoms with Crippen LogP contribution in [0.25, 0.3) is 0 Å². The molecule has 104 valence electrons. The number of aromatic nitrogens is 1. The lowest BCUT2D eigenvalue weighted by atomic mass is 10.2.